The number of rotatable bonds is 3. The summed E-state index contributed by atoms with van der Waals surface area (Å²) in [6.45, 7) is 0. The highest BCUT2D eigenvalue weighted by molar-refractivity contribution is 5.82. The predicted octanol–water partition coefficient (Wildman–Crippen LogP) is -0.410. The number of anilines is 1. The minimum atomic E-state index is -0.572. The van der Waals surface area contributed by atoms with Crippen molar-refractivity contribution >= 4 is 17.9 Å². The summed E-state index contributed by atoms with van der Waals surface area (Å²) in [7, 11) is 0. The molecule has 0 aliphatic heterocycles. The Labute approximate surface area is 90.8 Å². The fourth-order valence-corrected chi connectivity index (χ4v) is 0.860. The zero-order chi connectivity index (χ0) is 12.0. The van der Waals surface area contributed by atoms with Gasteiger partial charge in [-0.1, -0.05) is 12.1 Å². The summed E-state index contributed by atoms with van der Waals surface area (Å²) < 4.78 is 0. The van der Waals surface area contributed by atoms with Crippen molar-refractivity contribution in [3.63, 3.8) is 0 Å². The lowest BCUT2D eigenvalue weighted by Gasteiger charge is -1.92. The first-order chi connectivity index (χ1) is 7.58. The maximum Gasteiger partial charge on any atom is 0.362 e. The summed E-state index contributed by atoms with van der Waals surface area (Å²) in [5, 5.41) is 14.6. The van der Waals surface area contributed by atoms with Gasteiger partial charge >= 0.3 is 5.03 Å². The first-order valence-electron chi connectivity index (χ1n) is 4.23. The number of nitrogens with two attached hydrogens (primary N) is 2. The van der Waals surface area contributed by atoms with Crippen molar-refractivity contribution in [3.05, 3.63) is 34.7 Å². The highest BCUT2D eigenvalue weighted by Gasteiger charge is 2.03. The SMILES string of the molecule is N/C(=N\N=C\c1ccc(N)cc1)N[N+](=O)O. The summed E-state index contributed by atoms with van der Waals surface area (Å²) in [6.07, 6.45) is 1.42. The Bertz CT molecular complexity index is 425. The van der Waals surface area contributed by atoms with Gasteiger partial charge in [-0.3, -0.25) is 0 Å². The topological polar surface area (TPSA) is 129 Å². The first kappa shape index (κ1) is 11.4. The summed E-state index contributed by atoms with van der Waals surface area (Å²) in [6, 6.07) is 6.90. The molecule has 0 amide bonds. The van der Waals surface area contributed by atoms with Crippen LogP contribution in [0.25, 0.3) is 0 Å². The molecule has 16 heavy (non-hydrogen) atoms. The molecule has 0 radical (unpaired) electrons. The third-order valence-corrected chi connectivity index (χ3v) is 1.52. The van der Waals surface area contributed by atoms with Gasteiger partial charge in [-0.15, -0.1) is 5.10 Å². The minimum absolute atomic E-state index is 0.329. The lowest BCUT2D eigenvalue weighted by molar-refractivity contribution is -0.822. The highest BCUT2D eigenvalue weighted by atomic mass is 16.7. The zero-order valence-corrected chi connectivity index (χ0v) is 8.24. The lowest BCUT2D eigenvalue weighted by Crippen LogP contribution is -2.36. The Kier molecular flexibility index (Phi) is 3.78. The maximum absolute atomic E-state index is 10.1. The van der Waals surface area contributed by atoms with Crippen LogP contribution in [0.4, 0.5) is 5.69 Å². The number of guanidine groups is 1. The molecule has 1 rings (SSSR count). The van der Waals surface area contributed by atoms with E-state index < -0.39 is 5.03 Å². The number of hydrogen-bond acceptors (Lipinski definition) is 4. The number of hydrazine groups is 1. The first-order valence-corrected chi connectivity index (χ1v) is 4.23. The Morgan fingerprint density at radius 3 is 2.62 bits per heavy atom. The fourth-order valence-electron chi connectivity index (χ4n) is 0.860. The molecule has 0 bridgehead atoms. The van der Waals surface area contributed by atoms with E-state index in [1.807, 2.05) is 0 Å². The van der Waals surface area contributed by atoms with Gasteiger partial charge in [-0.05, 0) is 23.1 Å². The molecule has 0 saturated heterocycles. The van der Waals surface area contributed by atoms with Crippen LogP contribution in [0.5, 0.6) is 0 Å². The van der Waals surface area contributed by atoms with Crippen molar-refractivity contribution in [2.75, 3.05) is 5.73 Å². The van der Waals surface area contributed by atoms with E-state index in [-0.39, 0.29) is 5.96 Å². The third-order valence-electron chi connectivity index (χ3n) is 1.52. The molecule has 0 atom stereocenters. The fraction of sp³-hybridized carbons (Fsp3) is 0. The van der Waals surface area contributed by atoms with Gasteiger partial charge in [-0.2, -0.15) is 5.10 Å². The molecular weight excluding hydrogens is 212 g/mol. The largest absolute Gasteiger partial charge is 0.399 e. The van der Waals surface area contributed by atoms with Gasteiger partial charge in [0.25, 0.3) is 5.96 Å². The average Bonchev–Trinajstić information content (AvgIpc) is 2.20. The highest BCUT2D eigenvalue weighted by Crippen LogP contribution is 2.02. The molecule has 8 heteroatoms. The van der Waals surface area contributed by atoms with Crippen molar-refractivity contribution in [2.45, 2.75) is 0 Å². The number of nitrogen functional groups attached to an aromatic ring is 1. The Hall–Kier alpha value is -2.64. The van der Waals surface area contributed by atoms with Crippen LogP contribution in [0.15, 0.2) is 34.5 Å². The van der Waals surface area contributed by atoms with Gasteiger partial charge < -0.3 is 11.5 Å². The molecule has 0 heterocycles. The second kappa shape index (κ2) is 5.29. The average molecular weight is 223 g/mol. The van der Waals surface area contributed by atoms with Crippen molar-refractivity contribution in [3.8, 4) is 0 Å². The molecular formula is C8H11N6O2+. The minimum Gasteiger partial charge on any atom is -0.399 e. The molecule has 84 valence electrons. The zero-order valence-electron chi connectivity index (χ0n) is 8.24. The van der Waals surface area contributed by atoms with E-state index in [2.05, 4.69) is 10.2 Å². The van der Waals surface area contributed by atoms with E-state index in [0.717, 1.165) is 5.56 Å². The molecule has 0 aliphatic carbocycles. The van der Waals surface area contributed by atoms with Crippen LogP contribution < -0.4 is 16.9 Å². The van der Waals surface area contributed by atoms with Gasteiger partial charge in [0.1, 0.15) is 4.91 Å². The summed E-state index contributed by atoms with van der Waals surface area (Å²) in [4.78, 5) is 10.1. The number of nitrogens with one attached hydrogen (secondary N) is 1. The lowest BCUT2D eigenvalue weighted by atomic mass is 10.2. The molecule has 0 unspecified atom stereocenters. The maximum atomic E-state index is 10.1. The number of benzene rings is 1. The van der Waals surface area contributed by atoms with Crippen LogP contribution in [-0.4, -0.2) is 22.4 Å². The van der Waals surface area contributed by atoms with Crippen LogP contribution in [0.1, 0.15) is 5.56 Å². The Morgan fingerprint density at radius 1 is 1.44 bits per heavy atom. The third kappa shape index (κ3) is 4.05. The van der Waals surface area contributed by atoms with Crippen molar-refractivity contribution < 1.29 is 10.2 Å². The molecule has 6 N–H and O–H groups in total. The van der Waals surface area contributed by atoms with E-state index in [1.165, 1.54) is 6.21 Å². The van der Waals surface area contributed by atoms with Gasteiger partial charge in [0, 0.05) is 5.69 Å². The van der Waals surface area contributed by atoms with Crippen LogP contribution in [0.3, 0.4) is 0 Å². The Morgan fingerprint density at radius 2 is 2.06 bits per heavy atom. The van der Waals surface area contributed by atoms with Crippen LogP contribution in [0.2, 0.25) is 0 Å². The number of nitrogens with zero attached hydrogens (tertiary/aromatic N) is 3. The number of hydrogen-bond donors (Lipinski definition) is 4. The van der Waals surface area contributed by atoms with Gasteiger partial charge in [-0.25, -0.2) is 5.21 Å². The van der Waals surface area contributed by atoms with Crippen LogP contribution >= 0.6 is 0 Å². The van der Waals surface area contributed by atoms with Crippen molar-refractivity contribution in [2.24, 2.45) is 15.9 Å². The quantitative estimate of drug-likeness (QED) is 0.239. The second-order valence-corrected chi connectivity index (χ2v) is 2.78. The molecule has 0 aliphatic rings. The normalized spacial score (nSPS) is 11.6. The smallest absolute Gasteiger partial charge is 0.362 e. The molecule has 0 aromatic heterocycles. The molecule has 0 saturated carbocycles. The summed E-state index contributed by atoms with van der Waals surface area (Å²) in [5.41, 5.74) is 13.8. The van der Waals surface area contributed by atoms with Crippen LogP contribution in [-0.2, 0) is 0 Å². The summed E-state index contributed by atoms with van der Waals surface area (Å²) >= 11 is 0. The molecule has 0 spiro atoms. The molecule has 1 aromatic rings. The van der Waals surface area contributed by atoms with E-state index in [9.17, 15) is 4.91 Å². The second-order valence-electron chi connectivity index (χ2n) is 2.78. The predicted molar refractivity (Wildman–Crippen MR) is 58.6 cm³/mol. The standard InChI is InChI=1S/C8H11N6O2/c9-7-3-1-6(2-4-7)5-11-12-8(10)13-14(15)16/h1-5H,9H2,(H,15,16)(H3,10,12,13)/q+1/b11-5+. The van der Waals surface area contributed by atoms with E-state index in [4.69, 9.17) is 16.7 Å². The summed E-state index contributed by atoms with van der Waals surface area (Å²) in [5.74, 6) is -0.329. The molecule has 0 fully saturated rings. The Balaban J connectivity index is 2.60. The van der Waals surface area contributed by atoms with E-state index in [0.29, 0.717) is 5.69 Å². The van der Waals surface area contributed by atoms with Gasteiger partial charge in [0.2, 0.25) is 0 Å². The molecule has 1 aromatic carbocycles. The van der Waals surface area contributed by atoms with Crippen molar-refractivity contribution in [1.82, 2.24) is 5.43 Å². The van der Waals surface area contributed by atoms with Crippen LogP contribution in [0, 0.1) is 4.91 Å². The molecule has 8 nitrogen and oxygen atoms in total. The monoisotopic (exact) mass is 223 g/mol. The van der Waals surface area contributed by atoms with Gasteiger partial charge in [0.05, 0.1) is 6.21 Å². The van der Waals surface area contributed by atoms with E-state index >= 15 is 0 Å². The van der Waals surface area contributed by atoms with Crippen molar-refractivity contribution in [1.29, 1.82) is 0 Å². The van der Waals surface area contributed by atoms with E-state index in [1.54, 1.807) is 29.7 Å². The van der Waals surface area contributed by atoms with Gasteiger partial charge in [0.15, 0.2) is 0 Å².